The number of likely N-dealkylation sites (N-methyl/N-ethyl adjacent to an activating group) is 1. The fraction of sp³-hybridized carbons (Fsp3) is 0.423. The molecular weight excluding hydrogens is 508 g/mol. The van der Waals surface area contributed by atoms with E-state index in [9.17, 15) is 28.4 Å². The molecule has 2 aliphatic heterocycles. The van der Waals surface area contributed by atoms with Crippen LogP contribution < -0.4 is 16.0 Å². The summed E-state index contributed by atoms with van der Waals surface area (Å²) in [5.74, 6) is -0.873. The average Bonchev–Trinajstić information content (AvgIpc) is 3.32. The van der Waals surface area contributed by atoms with Crippen LogP contribution in [0.5, 0.6) is 0 Å². The zero-order chi connectivity index (χ0) is 27.3. The number of piperazine rings is 1. The van der Waals surface area contributed by atoms with Crippen LogP contribution in [0.25, 0.3) is 0 Å². The van der Waals surface area contributed by atoms with Crippen molar-refractivity contribution < 1.29 is 23.1 Å². The lowest BCUT2D eigenvalue weighted by molar-refractivity contribution is -0.122. The number of carbonyl (C=O) groups is 2. The van der Waals surface area contributed by atoms with E-state index in [2.05, 4.69) is 20.9 Å². The molecule has 0 radical (unpaired) electrons. The number of hydrogen-bond acceptors (Lipinski definition) is 8. The summed E-state index contributed by atoms with van der Waals surface area (Å²) in [6.45, 7) is 2.78. The van der Waals surface area contributed by atoms with Gasteiger partial charge in [-0.15, -0.1) is 0 Å². The summed E-state index contributed by atoms with van der Waals surface area (Å²) in [5.41, 5.74) is 1.20. The maximum absolute atomic E-state index is 12.9. The Bertz CT molecular complexity index is 1300. The van der Waals surface area contributed by atoms with Crippen LogP contribution in [0.3, 0.4) is 0 Å². The maximum atomic E-state index is 12.9. The Hall–Kier alpha value is -3.50. The third-order valence-corrected chi connectivity index (χ3v) is 8.78. The zero-order valence-corrected chi connectivity index (χ0v) is 21.9. The third kappa shape index (κ3) is 6.49. The lowest BCUT2D eigenvalue weighted by Gasteiger charge is -2.31. The molecule has 0 aliphatic carbocycles. The highest BCUT2D eigenvalue weighted by Gasteiger charge is 2.29. The van der Waals surface area contributed by atoms with Gasteiger partial charge in [0.15, 0.2) is 6.23 Å². The quantitative estimate of drug-likeness (QED) is 0.342. The van der Waals surface area contributed by atoms with Gasteiger partial charge in [0.05, 0.1) is 11.0 Å². The van der Waals surface area contributed by atoms with Crippen LogP contribution in [0.1, 0.15) is 35.0 Å². The van der Waals surface area contributed by atoms with Crippen LogP contribution in [0, 0.1) is 17.2 Å². The number of nitriles is 1. The standard InChI is InChI=1S/C26H32N6O5S/c1-31-11-13-32(14-12-31)38(36,37)23-7-5-18(6-8-23)25(34)29-21-4-2-3-19(15-21)26(35)30-22(17-27)16-20-9-10-28-24(20)33/h2-8,15,20,22,25,29,34H,9-14,16H2,1H3,(H,28,33)(H,30,35)/t20?,22-,25?/m0/s1. The molecule has 11 nitrogen and oxygen atoms in total. The summed E-state index contributed by atoms with van der Waals surface area (Å²) in [4.78, 5) is 26.8. The molecule has 0 aromatic heterocycles. The summed E-state index contributed by atoms with van der Waals surface area (Å²) in [6.07, 6.45) is -0.278. The van der Waals surface area contributed by atoms with Gasteiger partial charge in [-0.05, 0) is 50.2 Å². The van der Waals surface area contributed by atoms with E-state index in [4.69, 9.17) is 0 Å². The fourth-order valence-corrected chi connectivity index (χ4v) is 5.95. The highest BCUT2D eigenvalue weighted by atomic mass is 32.2. The van der Waals surface area contributed by atoms with Crippen LogP contribution in [-0.2, 0) is 14.8 Å². The van der Waals surface area contributed by atoms with Gasteiger partial charge in [-0.1, -0.05) is 18.2 Å². The summed E-state index contributed by atoms with van der Waals surface area (Å²) in [7, 11) is -1.65. The highest BCUT2D eigenvalue weighted by Crippen LogP contribution is 2.23. The first kappa shape index (κ1) is 27.5. The largest absolute Gasteiger partial charge is 0.369 e. The molecule has 202 valence electrons. The van der Waals surface area contributed by atoms with Crippen LogP contribution in [0.15, 0.2) is 53.4 Å². The van der Waals surface area contributed by atoms with Gasteiger partial charge in [-0.25, -0.2) is 8.42 Å². The van der Waals surface area contributed by atoms with Gasteiger partial charge in [0.25, 0.3) is 5.91 Å². The molecule has 0 saturated carbocycles. The molecule has 4 N–H and O–H groups in total. The maximum Gasteiger partial charge on any atom is 0.252 e. The number of benzene rings is 2. The molecule has 2 unspecified atom stereocenters. The smallest absolute Gasteiger partial charge is 0.252 e. The normalized spacial score (nSPS) is 20.2. The van der Waals surface area contributed by atoms with Crippen molar-refractivity contribution in [2.45, 2.75) is 30.0 Å². The van der Waals surface area contributed by atoms with E-state index in [0.717, 1.165) is 0 Å². The lowest BCUT2D eigenvalue weighted by Crippen LogP contribution is -2.47. The third-order valence-electron chi connectivity index (χ3n) is 6.87. The van der Waals surface area contributed by atoms with Gasteiger partial charge in [-0.3, -0.25) is 9.59 Å². The number of anilines is 1. The van der Waals surface area contributed by atoms with Gasteiger partial charge in [-0.2, -0.15) is 9.57 Å². The molecule has 2 heterocycles. The van der Waals surface area contributed by atoms with Crippen molar-refractivity contribution in [1.82, 2.24) is 19.8 Å². The second-order valence-electron chi connectivity index (χ2n) is 9.57. The van der Waals surface area contributed by atoms with Crippen molar-refractivity contribution in [3.63, 3.8) is 0 Å². The Kier molecular flexibility index (Phi) is 8.63. The Morgan fingerprint density at radius 2 is 1.89 bits per heavy atom. The van der Waals surface area contributed by atoms with E-state index in [1.165, 1.54) is 16.4 Å². The Balaban J connectivity index is 1.37. The molecule has 38 heavy (non-hydrogen) atoms. The van der Waals surface area contributed by atoms with Crippen molar-refractivity contribution in [1.29, 1.82) is 5.26 Å². The number of aliphatic hydroxyl groups excluding tert-OH is 1. The first-order chi connectivity index (χ1) is 18.2. The van der Waals surface area contributed by atoms with Crippen LogP contribution in [0.2, 0.25) is 0 Å². The average molecular weight is 541 g/mol. The topological polar surface area (TPSA) is 155 Å². The molecule has 2 aromatic rings. The summed E-state index contributed by atoms with van der Waals surface area (Å²) >= 11 is 0. The highest BCUT2D eigenvalue weighted by molar-refractivity contribution is 7.89. The van der Waals surface area contributed by atoms with Crippen LogP contribution in [-0.4, -0.2) is 80.4 Å². The van der Waals surface area contributed by atoms with E-state index in [0.29, 0.717) is 50.4 Å². The number of nitrogens with zero attached hydrogens (tertiary/aromatic N) is 3. The minimum Gasteiger partial charge on any atom is -0.369 e. The predicted octanol–water partition coefficient (Wildman–Crippen LogP) is 0.874. The second kappa shape index (κ2) is 11.9. The first-order valence-corrected chi connectivity index (χ1v) is 13.9. The van der Waals surface area contributed by atoms with Crippen molar-refractivity contribution in [3.8, 4) is 6.07 Å². The van der Waals surface area contributed by atoms with E-state index >= 15 is 0 Å². The van der Waals surface area contributed by atoms with Gasteiger partial charge in [0.1, 0.15) is 6.04 Å². The van der Waals surface area contributed by atoms with Gasteiger partial charge in [0.2, 0.25) is 15.9 Å². The first-order valence-electron chi connectivity index (χ1n) is 12.5. The van der Waals surface area contributed by atoms with Crippen molar-refractivity contribution in [3.05, 3.63) is 59.7 Å². The summed E-state index contributed by atoms with van der Waals surface area (Å²) in [5, 5.41) is 28.4. The fourth-order valence-electron chi connectivity index (χ4n) is 4.53. The number of aliphatic hydroxyl groups is 1. The monoisotopic (exact) mass is 540 g/mol. The minimum atomic E-state index is -3.61. The Labute approximate surface area is 222 Å². The summed E-state index contributed by atoms with van der Waals surface area (Å²) < 4.78 is 27.3. The number of sulfonamides is 1. The minimum absolute atomic E-state index is 0.107. The van der Waals surface area contributed by atoms with Gasteiger partial charge < -0.3 is 26.0 Å². The molecule has 12 heteroatoms. The van der Waals surface area contributed by atoms with E-state index in [1.807, 2.05) is 13.1 Å². The lowest BCUT2D eigenvalue weighted by atomic mass is 9.99. The molecule has 0 bridgehead atoms. The molecule has 4 rings (SSSR count). The molecule has 2 aromatic carbocycles. The van der Waals surface area contributed by atoms with Crippen molar-refractivity contribution >= 4 is 27.5 Å². The number of carbonyl (C=O) groups excluding carboxylic acids is 2. The molecule has 2 aliphatic rings. The molecule has 2 amide bonds. The molecule has 2 fully saturated rings. The van der Waals surface area contributed by atoms with Crippen LogP contribution in [0.4, 0.5) is 5.69 Å². The SMILES string of the molecule is CN1CCN(S(=O)(=O)c2ccc(C(O)Nc3cccc(C(=O)N[C@H](C#N)CC4CCNC4=O)c3)cc2)CC1. The Morgan fingerprint density at radius 3 is 2.53 bits per heavy atom. The van der Waals surface area contributed by atoms with Gasteiger partial charge in [0, 0.05) is 55.5 Å². The Morgan fingerprint density at radius 1 is 1.18 bits per heavy atom. The number of amides is 2. The molecular formula is C26H32N6O5S. The zero-order valence-electron chi connectivity index (χ0n) is 21.1. The van der Waals surface area contributed by atoms with Gasteiger partial charge >= 0.3 is 0 Å². The second-order valence-corrected chi connectivity index (χ2v) is 11.5. The molecule has 3 atom stereocenters. The van der Waals surface area contributed by atoms with E-state index in [-0.39, 0.29) is 28.7 Å². The number of nitrogens with one attached hydrogen (secondary N) is 3. The molecule has 0 spiro atoms. The number of rotatable bonds is 9. The van der Waals surface area contributed by atoms with Crippen molar-refractivity contribution in [2.75, 3.05) is 45.1 Å². The van der Waals surface area contributed by atoms with Crippen molar-refractivity contribution in [2.24, 2.45) is 5.92 Å². The van der Waals surface area contributed by atoms with Crippen LogP contribution >= 0.6 is 0 Å². The summed E-state index contributed by atoms with van der Waals surface area (Å²) in [6, 6.07) is 13.7. The predicted molar refractivity (Wildman–Crippen MR) is 140 cm³/mol. The van der Waals surface area contributed by atoms with E-state index < -0.39 is 28.2 Å². The van der Waals surface area contributed by atoms with E-state index in [1.54, 1.807) is 36.4 Å². The number of hydrogen-bond donors (Lipinski definition) is 4. The molecule has 2 saturated heterocycles.